The quantitative estimate of drug-likeness (QED) is 0.562. The van der Waals surface area contributed by atoms with Crippen LogP contribution in [0.15, 0.2) is 30.3 Å². The van der Waals surface area contributed by atoms with E-state index in [4.69, 9.17) is 8.42 Å². The van der Waals surface area contributed by atoms with E-state index in [0.717, 1.165) is 0 Å². The molecule has 0 saturated carbocycles. The van der Waals surface area contributed by atoms with Gasteiger partial charge in [-0.1, -0.05) is 44.2 Å². The molecular formula is C9H12NaO2S+. The molecule has 1 aromatic rings. The van der Waals surface area contributed by atoms with Gasteiger partial charge in [0.2, 0.25) is 0 Å². The topological polar surface area (TPSA) is 34.1 Å². The SMILES string of the molecule is CC(C)c1ccccc1.O=S=O.[Na+]. The van der Waals surface area contributed by atoms with Crippen molar-refractivity contribution in [1.82, 2.24) is 0 Å². The van der Waals surface area contributed by atoms with Crippen LogP contribution in [-0.2, 0) is 11.6 Å². The van der Waals surface area contributed by atoms with Crippen molar-refractivity contribution in [2.24, 2.45) is 0 Å². The van der Waals surface area contributed by atoms with Crippen molar-refractivity contribution in [3.8, 4) is 0 Å². The van der Waals surface area contributed by atoms with Crippen LogP contribution in [0.4, 0.5) is 0 Å². The van der Waals surface area contributed by atoms with Crippen LogP contribution in [0, 0.1) is 0 Å². The van der Waals surface area contributed by atoms with E-state index in [-0.39, 0.29) is 29.6 Å². The van der Waals surface area contributed by atoms with Gasteiger partial charge in [0.25, 0.3) is 0 Å². The maximum atomic E-state index is 8.29. The van der Waals surface area contributed by atoms with Gasteiger partial charge in [0, 0.05) is 0 Å². The Labute approximate surface area is 105 Å². The maximum Gasteiger partial charge on any atom is 1.00 e. The van der Waals surface area contributed by atoms with E-state index in [1.54, 1.807) is 0 Å². The Morgan fingerprint density at radius 1 is 1.08 bits per heavy atom. The molecule has 13 heavy (non-hydrogen) atoms. The van der Waals surface area contributed by atoms with E-state index in [1.165, 1.54) is 5.56 Å². The molecule has 66 valence electrons. The molecule has 0 radical (unpaired) electrons. The molecule has 0 spiro atoms. The minimum Gasteiger partial charge on any atom is -0.168 e. The second-order valence-electron chi connectivity index (χ2n) is 2.63. The van der Waals surface area contributed by atoms with Gasteiger partial charge in [-0.05, 0) is 11.5 Å². The summed E-state index contributed by atoms with van der Waals surface area (Å²) >= 11 is -0.750. The summed E-state index contributed by atoms with van der Waals surface area (Å²) in [5.41, 5.74) is 1.41. The van der Waals surface area contributed by atoms with Crippen LogP contribution in [0.5, 0.6) is 0 Å². The minimum atomic E-state index is -0.750. The Balaban J connectivity index is 0. The van der Waals surface area contributed by atoms with E-state index >= 15 is 0 Å². The molecule has 0 unspecified atom stereocenters. The molecule has 1 aromatic carbocycles. The van der Waals surface area contributed by atoms with Crippen molar-refractivity contribution < 1.29 is 38.0 Å². The van der Waals surface area contributed by atoms with Crippen LogP contribution >= 0.6 is 0 Å². The second kappa shape index (κ2) is 10.1. The average Bonchev–Trinajstić information content (AvgIpc) is 2.07. The van der Waals surface area contributed by atoms with E-state index < -0.39 is 11.6 Å². The molecule has 0 aliphatic rings. The Hall–Kier alpha value is 0.0400. The fraction of sp³-hybridized carbons (Fsp3) is 0.333. The van der Waals surface area contributed by atoms with Gasteiger partial charge < -0.3 is 0 Å². The van der Waals surface area contributed by atoms with Crippen molar-refractivity contribution in [3.63, 3.8) is 0 Å². The van der Waals surface area contributed by atoms with Gasteiger partial charge in [0.1, 0.15) is 0 Å². The number of benzene rings is 1. The van der Waals surface area contributed by atoms with Crippen LogP contribution < -0.4 is 29.6 Å². The van der Waals surface area contributed by atoms with E-state index in [0.29, 0.717) is 5.92 Å². The third-order valence-corrected chi connectivity index (χ3v) is 1.47. The summed E-state index contributed by atoms with van der Waals surface area (Å²) in [6.07, 6.45) is 0. The van der Waals surface area contributed by atoms with Crippen molar-refractivity contribution in [1.29, 1.82) is 0 Å². The molecule has 0 bridgehead atoms. The van der Waals surface area contributed by atoms with Gasteiger partial charge >= 0.3 is 41.1 Å². The standard InChI is InChI=1S/C9H12.Na.O2S/c1-8(2)9-6-4-3-5-7-9;;1-3-2/h3-8H,1-2H3;;/q;+1;. The molecule has 0 aliphatic heterocycles. The Morgan fingerprint density at radius 3 is 1.69 bits per heavy atom. The zero-order chi connectivity index (χ0) is 9.40. The molecule has 4 heteroatoms. The minimum absolute atomic E-state index is 0. The average molecular weight is 207 g/mol. The Kier molecular flexibility index (Phi) is 12.1. The normalized spacial score (nSPS) is 7.92. The molecule has 0 saturated heterocycles. The zero-order valence-corrected chi connectivity index (χ0v) is 11.0. The molecule has 2 nitrogen and oxygen atoms in total. The molecule has 0 aliphatic carbocycles. The summed E-state index contributed by atoms with van der Waals surface area (Å²) in [7, 11) is 0. The third-order valence-electron chi connectivity index (χ3n) is 1.47. The van der Waals surface area contributed by atoms with Gasteiger partial charge in [0.05, 0.1) is 0 Å². The molecule has 0 N–H and O–H groups in total. The molecule has 0 fully saturated rings. The number of rotatable bonds is 1. The van der Waals surface area contributed by atoms with E-state index in [1.807, 2.05) is 6.07 Å². The maximum absolute atomic E-state index is 8.29. The first kappa shape index (κ1) is 15.5. The summed E-state index contributed by atoms with van der Waals surface area (Å²) < 4.78 is 16.6. The Bertz CT molecular complexity index is 243. The van der Waals surface area contributed by atoms with Gasteiger partial charge in [-0.3, -0.25) is 0 Å². The molecule has 1 rings (SSSR count). The van der Waals surface area contributed by atoms with Crippen molar-refractivity contribution in [2.45, 2.75) is 19.8 Å². The van der Waals surface area contributed by atoms with Gasteiger partial charge in [0.15, 0.2) is 0 Å². The van der Waals surface area contributed by atoms with Crippen molar-refractivity contribution in [2.75, 3.05) is 0 Å². The summed E-state index contributed by atoms with van der Waals surface area (Å²) in [4.78, 5) is 0. The number of hydrogen-bond donors (Lipinski definition) is 0. The predicted octanol–water partition coefficient (Wildman–Crippen LogP) is -0.856. The van der Waals surface area contributed by atoms with E-state index in [9.17, 15) is 0 Å². The first-order chi connectivity index (χ1) is 5.72. The largest absolute Gasteiger partial charge is 1.00 e. The zero-order valence-electron chi connectivity index (χ0n) is 8.19. The molecule has 0 heterocycles. The second-order valence-corrected chi connectivity index (χ2v) is 2.77. The van der Waals surface area contributed by atoms with Crippen LogP contribution in [0.2, 0.25) is 0 Å². The summed E-state index contributed by atoms with van der Waals surface area (Å²) in [6, 6.07) is 10.5. The molecule has 0 atom stereocenters. The molecule has 0 aromatic heterocycles. The fourth-order valence-electron chi connectivity index (χ4n) is 0.838. The van der Waals surface area contributed by atoms with Crippen LogP contribution in [0.25, 0.3) is 0 Å². The van der Waals surface area contributed by atoms with Crippen LogP contribution in [0.1, 0.15) is 25.3 Å². The molecule has 0 amide bonds. The monoisotopic (exact) mass is 207 g/mol. The predicted molar refractivity (Wildman–Crippen MR) is 49.5 cm³/mol. The van der Waals surface area contributed by atoms with Crippen molar-refractivity contribution in [3.05, 3.63) is 35.9 Å². The molecular weight excluding hydrogens is 195 g/mol. The van der Waals surface area contributed by atoms with E-state index in [2.05, 4.69) is 38.1 Å². The number of hydrogen-bond acceptors (Lipinski definition) is 2. The van der Waals surface area contributed by atoms with Crippen LogP contribution in [0.3, 0.4) is 0 Å². The Morgan fingerprint density at radius 2 is 1.46 bits per heavy atom. The fourth-order valence-corrected chi connectivity index (χ4v) is 0.838. The smallest absolute Gasteiger partial charge is 0.168 e. The van der Waals surface area contributed by atoms with Crippen LogP contribution in [-0.4, -0.2) is 8.42 Å². The van der Waals surface area contributed by atoms with Gasteiger partial charge in [-0.15, -0.1) is 0 Å². The summed E-state index contributed by atoms with van der Waals surface area (Å²) in [5.74, 6) is 0.659. The summed E-state index contributed by atoms with van der Waals surface area (Å²) in [5, 5.41) is 0. The summed E-state index contributed by atoms with van der Waals surface area (Å²) in [6.45, 7) is 4.41. The van der Waals surface area contributed by atoms with Crippen molar-refractivity contribution >= 4 is 11.6 Å². The third kappa shape index (κ3) is 8.37. The first-order valence-corrected chi connectivity index (χ1v) is 4.35. The van der Waals surface area contributed by atoms with Gasteiger partial charge in [-0.2, -0.15) is 8.42 Å². The first-order valence-electron chi connectivity index (χ1n) is 3.69. The van der Waals surface area contributed by atoms with Gasteiger partial charge in [-0.25, -0.2) is 0 Å².